The number of ether oxygens (including phenoxy) is 3. The molecule has 8 nitrogen and oxygen atoms in total. The fourth-order valence-electron chi connectivity index (χ4n) is 7.25. The van der Waals surface area contributed by atoms with E-state index in [0.29, 0.717) is 31.5 Å². The molecule has 3 N–H and O–H groups in total. The van der Waals surface area contributed by atoms with Crippen molar-refractivity contribution in [3.63, 3.8) is 0 Å². The molecular weight excluding hydrogens is 398 g/mol. The van der Waals surface area contributed by atoms with Crippen molar-refractivity contribution < 1.29 is 24.1 Å². The predicted molar refractivity (Wildman–Crippen MR) is 111 cm³/mol. The van der Waals surface area contributed by atoms with Crippen molar-refractivity contribution in [1.82, 2.24) is 15.6 Å². The van der Waals surface area contributed by atoms with E-state index in [0.717, 1.165) is 37.1 Å². The Hall–Kier alpha value is -1.90. The van der Waals surface area contributed by atoms with Gasteiger partial charge in [0.2, 0.25) is 0 Å². The highest BCUT2D eigenvalue weighted by atomic mass is 16.6. The number of aryl methyl sites for hydroxylation is 1. The second-order valence-electron chi connectivity index (χ2n) is 10.5. The van der Waals surface area contributed by atoms with Gasteiger partial charge in [-0.3, -0.25) is 4.98 Å². The molecule has 2 amide bonds. The summed E-state index contributed by atoms with van der Waals surface area (Å²) < 4.78 is 18.1. The number of pyridine rings is 1. The number of aliphatic hydroxyl groups is 1. The fraction of sp³-hybridized carbons (Fsp3) is 0.739. The maximum Gasteiger partial charge on any atom is 0.315 e. The van der Waals surface area contributed by atoms with E-state index in [1.165, 1.54) is 6.42 Å². The molecule has 0 aromatic carbocycles. The Balaban J connectivity index is 1.08. The molecule has 1 aromatic heterocycles. The molecular formula is C23H31N3O5. The van der Waals surface area contributed by atoms with Crippen molar-refractivity contribution in [2.24, 2.45) is 11.8 Å². The topological polar surface area (TPSA) is 102 Å². The highest BCUT2D eigenvalue weighted by Crippen LogP contribution is 2.57. The summed E-state index contributed by atoms with van der Waals surface area (Å²) in [6, 6.07) is 3.34. The molecule has 4 aliphatic carbocycles. The third kappa shape index (κ3) is 3.49. The molecule has 0 radical (unpaired) electrons. The van der Waals surface area contributed by atoms with Crippen molar-refractivity contribution in [3.8, 4) is 5.75 Å². The smallest absolute Gasteiger partial charge is 0.315 e. The van der Waals surface area contributed by atoms with Crippen LogP contribution in [0.25, 0.3) is 0 Å². The van der Waals surface area contributed by atoms with Crippen LogP contribution >= 0.6 is 0 Å². The lowest BCUT2D eigenvalue weighted by Crippen LogP contribution is -2.67. The van der Waals surface area contributed by atoms with Gasteiger partial charge in [-0.25, -0.2) is 4.79 Å². The van der Waals surface area contributed by atoms with Gasteiger partial charge in [0.1, 0.15) is 18.0 Å². The molecule has 2 saturated heterocycles. The maximum absolute atomic E-state index is 12.9. The lowest BCUT2D eigenvalue weighted by molar-refractivity contribution is -0.139. The quantitative estimate of drug-likeness (QED) is 0.673. The summed E-state index contributed by atoms with van der Waals surface area (Å²) in [5, 5.41) is 17.3. The van der Waals surface area contributed by atoms with Gasteiger partial charge in [-0.2, -0.15) is 0 Å². The van der Waals surface area contributed by atoms with E-state index in [1.54, 1.807) is 6.20 Å². The number of aromatic nitrogens is 1. The largest absolute Gasteiger partial charge is 0.483 e. The highest BCUT2D eigenvalue weighted by Gasteiger charge is 2.58. The summed E-state index contributed by atoms with van der Waals surface area (Å²) >= 11 is 0. The lowest BCUT2D eigenvalue weighted by Gasteiger charge is -2.60. The lowest BCUT2D eigenvalue weighted by atomic mass is 9.51. The van der Waals surface area contributed by atoms with Crippen LogP contribution < -0.4 is 15.4 Å². The number of nitrogens with zero attached hydrogens (tertiary/aromatic N) is 1. The van der Waals surface area contributed by atoms with Gasteiger partial charge in [-0.1, -0.05) is 0 Å². The molecule has 1 aromatic rings. The van der Waals surface area contributed by atoms with E-state index in [2.05, 4.69) is 15.6 Å². The Morgan fingerprint density at radius 2 is 1.97 bits per heavy atom. The molecule has 6 fully saturated rings. The number of fused-ring (bicyclic) bond motifs is 1. The van der Waals surface area contributed by atoms with Crippen LogP contribution in [0.5, 0.6) is 5.75 Å². The third-order valence-corrected chi connectivity index (χ3v) is 7.97. The van der Waals surface area contributed by atoms with Gasteiger partial charge in [0.05, 0.1) is 30.6 Å². The van der Waals surface area contributed by atoms with E-state index in [1.807, 2.05) is 19.1 Å². The number of carbonyl (C=O) groups is 1. The molecule has 168 valence electrons. The number of nitrogens with one attached hydrogen (secondary N) is 2. The van der Waals surface area contributed by atoms with Crippen molar-refractivity contribution in [3.05, 3.63) is 24.0 Å². The average Bonchev–Trinajstić information content (AvgIpc) is 3.24. The zero-order valence-electron chi connectivity index (χ0n) is 17.9. The van der Waals surface area contributed by atoms with Gasteiger partial charge in [0, 0.05) is 11.7 Å². The van der Waals surface area contributed by atoms with Crippen LogP contribution in [0.3, 0.4) is 0 Å². The fourth-order valence-corrected chi connectivity index (χ4v) is 7.25. The Kier molecular flexibility index (Phi) is 4.49. The summed E-state index contributed by atoms with van der Waals surface area (Å²) in [4.78, 5) is 17.2. The van der Waals surface area contributed by atoms with E-state index >= 15 is 0 Å². The normalized spacial score (nSPS) is 44.8. The van der Waals surface area contributed by atoms with Gasteiger partial charge >= 0.3 is 6.03 Å². The number of hydrogen-bond donors (Lipinski definition) is 3. The van der Waals surface area contributed by atoms with Gasteiger partial charge in [-0.05, 0) is 69.4 Å². The highest BCUT2D eigenvalue weighted by molar-refractivity contribution is 5.75. The first kappa shape index (κ1) is 19.8. The minimum atomic E-state index is -0.595. The molecule has 8 heteroatoms. The number of hydrogen-bond acceptors (Lipinski definition) is 6. The SMILES string of the molecule is Cc1ncccc1O[C@H]1CO[C@H]2[C@@H]1OC[C@@H]2NC(=O)N[C@]12C[C@@H]3C[C@@H](C[C@@](O)(C3)C1)C2. The Labute approximate surface area is 182 Å². The second-order valence-corrected chi connectivity index (χ2v) is 10.5. The Morgan fingerprint density at radius 3 is 2.71 bits per heavy atom. The van der Waals surface area contributed by atoms with Crippen molar-refractivity contribution >= 4 is 6.03 Å². The number of carbonyl (C=O) groups excluding carboxylic acids is 1. The molecule has 6 aliphatic rings. The van der Waals surface area contributed by atoms with Crippen LogP contribution in [0, 0.1) is 18.8 Å². The molecule has 8 atom stereocenters. The Bertz CT molecular complexity index is 865. The van der Waals surface area contributed by atoms with E-state index < -0.39 is 5.60 Å². The first-order chi connectivity index (χ1) is 14.9. The average molecular weight is 430 g/mol. The molecule has 7 rings (SSSR count). The Morgan fingerprint density at radius 1 is 1.19 bits per heavy atom. The minimum Gasteiger partial charge on any atom is -0.483 e. The summed E-state index contributed by atoms with van der Waals surface area (Å²) in [7, 11) is 0. The summed E-state index contributed by atoms with van der Waals surface area (Å²) in [6.45, 7) is 2.73. The summed E-state index contributed by atoms with van der Waals surface area (Å²) in [6.07, 6.45) is 6.67. The van der Waals surface area contributed by atoms with Crippen LogP contribution in [0.15, 0.2) is 18.3 Å². The van der Waals surface area contributed by atoms with Gasteiger partial charge in [0.15, 0.2) is 6.10 Å². The maximum atomic E-state index is 12.9. The molecule has 4 saturated carbocycles. The van der Waals surface area contributed by atoms with Crippen LogP contribution in [0.4, 0.5) is 4.79 Å². The van der Waals surface area contributed by atoms with Crippen LogP contribution in [-0.2, 0) is 9.47 Å². The monoisotopic (exact) mass is 429 g/mol. The molecule has 3 heterocycles. The van der Waals surface area contributed by atoms with Crippen molar-refractivity contribution in [2.45, 2.75) is 80.9 Å². The first-order valence-corrected chi connectivity index (χ1v) is 11.5. The number of amides is 2. The van der Waals surface area contributed by atoms with Gasteiger partial charge < -0.3 is 30.0 Å². The van der Waals surface area contributed by atoms with E-state index in [-0.39, 0.29) is 35.9 Å². The van der Waals surface area contributed by atoms with Crippen molar-refractivity contribution in [2.75, 3.05) is 13.2 Å². The molecule has 0 unspecified atom stereocenters. The minimum absolute atomic E-state index is 0.184. The predicted octanol–water partition coefficient (Wildman–Crippen LogP) is 1.69. The number of urea groups is 1. The zero-order valence-corrected chi connectivity index (χ0v) is 17.9. The van der Waals surface area contributed by atoms with Gasteiger partial charge in [0.25, 0.3) is 0 Å². The van der Waals surface area contributed by atoms with Gasteiger partial charge in [-0.15, -0.1) is 0 Å². The van der Waals surface area contributed by atoms with Crippen LogP contribution in [0.1, 0.15) is 44.2 Å². The molecule has 31 heavy (non-hydrogen) atoms. The molecule has 2 aliphatic heterocycles. The number of rotatable bonds is 4. The second kappa shape index (κ2) is 7.05. The molecule has 0 spiro atoms. The van der Waals surface area contributed by atoms with Crippen molar-refractivity contribution in [1.29, 1.82) is 0 Å². The summed E-state index contributed by atoms with van der Waals surface area (Å²) in [5.41, 5.74) is -0.0418. The standard InChI is InChI=1S/C23H31N3O5/c1-13-17(3-2-4-24-13)31-18-11-30-19-16(10-29-20(18)19)25-21(27)26-22-6-14-5-15(7-22)9-23(28,8-14)12-22/h2-4,14-16,18-20,28H,5-12H2,1H3,(H2,25,26,27)/t14-,15+,16-,18-,19+,20+,22-,23-/m0/s1. The van der Waals surface area contributed by atoms with Crippen LogP contribution in [0.2, 0.25) is 0 Å². The third-order valence-electron chi connectivity index (χ3n) is 7.97. The zero-order chi connectivity index (χ0) is 21.2. The van der Waals surface area contributed by atoms with E-state index in [9.17, 15) is 9.90 Å². The molecule has 4 bridgehead atoms. The van der Waals surface area contributed by atoms with Crippen LogP contribution in [-0.4, -0.2) is 64.8 Å². The first-order valence-electron chi connectivity index (χ1n) is 11.5. The summed E-state index contributed by atoms with van der Waals surface area (Å²) in [5.74, 6) is 1.78. The van der Waals surface area contributed by atoms with E-state index in [4.69, 9.17) is 14.2 Å².